The Bertz CT molecular complexity index is 241. The van der Waals surface area contributed by atoms with E-state index in [1.165, 1.54) is 12.8 Å². The van der Waals surface area contributed by atoms with Gasteiger partial charge in [0.1, 0.15) is 5.76 Å². The molecule has 1 aromatic heterocycles. The summed E-state index contributed by atoms with van der Waals surface area (Å²) in [4.78, 5) is 4.15. The minimum absolute atomic E-state index is 0.475. The third-order valence-electron chi connectivity index (χ3n) is 2.42. The van der Waals surface area contributed by atoms with E-state index in [-0.39, 0.29) is 0 Å². The maximum atomic E-state index is 5.24. The van der Waals surface area contributed by atoms with Crippen LogP contribution in [0.2, 0.25) is 0 Å². The van der Waals surface area contributed by atoms with E-state index in [1.54, 1.807) is 6.39 Å². The van der Waals surface area contributed by atoms with E-state index in [0.717, 1.165) is 11.5 Å². The Hall–Kier alpha value is -0.790. The molecule has 2 aliphatic rings. The predicted octanol–water partition coefficient (Wildman–Crippen LogP) is 1.73. The Labute approximate surface area is 59.3 Å². The Morgan fingerprint density at radius 1 is 1.50 bits per heavy atom. The quantitative estimate of drug-likeness (QED) is 0.538. The lowest BCUT2D eigenvalue weighted by Gasteiger charge is -2.04. The summed E-state index contributed by atoms with van der Waals surface area (Å²) in [5.74, 6) is 2.05. The summed E-state index contributed by atoms with van der Waals surface area (Å²) >= 11 is 0. The Kier molecular flexibility index (Phi) is 0.712. The zero-order valence-corrected chi connectivity index (χ0v) is 5.50. The number of aromatic nitrogens is 1. The number of fused-ring (bicyclic) bond motifs is 5. The van der Waals surface area contributed by atoms with Crippen LogP contribution in [0, 0.1) is 6.42 Å². The van der Waals surface area contributed by atoms with Crippen LogP contribution in [0.4, 0.5) is 0 Å². The summed E-state index contributed by atoms with van der Waals surface area (Å²) < 4.78 is 5.24. The molecule has 2 bridgehead atoms. The van der Waals surface area contributed by atoms with Crippen LogP contribution in [0.1, 0.15) is 36.1 Å². The summed E-state index contributed by atoms with van der Waals surface area (Å²) in [6.07, 6.45) is 7.41. The van der Waals surface area contributed by atoms with Crippen molar-refractivity contribution in [3.63, 3.8) is 0 Å². The number of rotatable bonds is 0. The molecule has 0 N–H and O–H groups in total. The molecule has 0 aromatic carbocycles. The molecule has 1 aromatic rings. The van der Waals surface area contributed by atoms with Gasteiger partial charge in [0, 0.05) is 18.3 Å². The van der Waals surface area contributed by atoms with Crippen molar-refractivity contribution in [2.24, 2.45) is 0 Å². The van der Waals surface area contributed by atoms with Crippen molar-refractivity contribution in [2.75, 3.05) is 0 Å². The summed E-state index contributed by atoms with van der Waals surface area (Å²) in [6.45, 7) is 0. The molecule has 1 heterocycles. The van der Waals surface area contributed by atoms with Gasteiger partial charge in [-0.05, 0) is 12.8 Å². The molecule has 1 fully saturated rings. The molecule has 2 nitrogen and oxygen atoms in total. The van der Waals surface area contributed by atoms with Crippen LogP contribution >= 0.6 is 0 Å². The van der Waals surface area contributed by atoms with E-state index < -0.39 is 0 Å². The first-order chi connectivity index (χ1) is 4.95. The highest BCUT2D eigenvalue weighted by Gasteiger charge is 2.41. The van der Waals surface area contributed by atoms with Crippen molar-refractivity contribution < 1.29 is 4.42 Å². The highest BCUT2D eigenvalue weighted by Crippen LogP contribution is 2.51. The van der Waals surface area contributed by atoms with E-state index in [0.29, 0.717) is 11.8 Å². The third-order valence-corrected chi connectivity index (χ3v) is 2.42. The monoisotopic (exact) mass is 133 g/mol. The Morgan fingerprint density at radius 2 is 2.40 bits per heavy atom. The van der Waals surface area contributed by atoms with Crippen LogP contribution in [-0.4, -0.2) is 4.98 Å². The lowest BCUT2D eigenvalue weighted by atomic mass is 10.0. The molecule has 50 valence electrons. The first-order valence-corrected chi connectivity index (χ1v) is 3.64. The normalized spacial score (nSPS) is 34.8. The lowest BCUT2D eigenvalue weighted by molar-refractivity contribution is 0.476. The summed E-state index contributed by atoms with van der Waals surface area (Å²) in [6, 6.07) is 0. The molecule has 3 rings (SSSR count). The largest absolute Gasteiger partial charge is 0.448 e. The average Bonchev–Trinajstić information content (AvgIpc) is 2.60. The molecular formula is C8H7NO. The molecule has 0 spiro atoms. The number of hydrogen-bond donors (Lipinski definition) is 0. The zero-order valence-electron chi connectivity index (χ0n) is 5.50. The standard InChI is InChI=1S/C8H7NO/c1-2-6-3-5(1)7-8(6)10-4-9-7/h4-6H,1-2H2. The molecule has 2 radical (unpaired) electrons. The van der Waals surface area contributed by atoms with Crippen molar-refractivity contribution in [3.05, 3.63) is 24.3 Å². The highest BCUT2D eigenvalue weighted by molar-refractivity contribution is 5.35. The van der Waals surface area contributed by atoms with Gasteiger partial charge in [-0.2, -0.15) is 0 Å². The van der Waals surface area contributed by atoms with Crippen molar-refractivity contribution in [3.8, 4) is 0 Å². The molecule has 2 aliphatic carbocycles. The van der Waals surface area contributed by atoms with Crippen LogP contribution in [0.3, 0.4) is 0 Å². The second kappa shape index (κ2) is 1.44. The first-order valence-electron chi connectivity index (χ1n) is 3.64. The van der Waals surface area contributed by atoms with E-state index in [4.69, 9.17) is 4.42 Å². The van der Waals surface area contributed by atoms with Gasteiger partial charge in [0.2, 0.25) is 0 Å². The lowest BCUT2D eigenvalue weighted by Crippen LogP contribution is -1.94. The molecule has 0 amide bonds. The van der Waals surface area contributed by atoms with Gasteiger partial charge in [-0.25, -0.2) is 4.98 Å². The van der Waals surface area contributed by atoms with Crippen LogP contribution < -0.4 is 0 Å². The van der Waals surface area contributed by atoms with Gasteiger partial charge < -0.3 is 4.42 Å². The summed E-state index contributed by atoms with van der Waals surface area (Å²) in [5.41, 5.74) is 1.15. The molecule has 2 heteroatoms. The highest BCUT2D eigenvalue weighted by atomic mass is 16.3. The fraction of sp³-hybridized carbons (Fsp3) is 0.500. The minimum Gasteiger partial charge on any atom is -0.448 e. The first kappa shape index (κ1) is 4.94. The minimum atomic E-state index is 0.475. The molecular weight excluding hydrogens is 126 g/mol. The molecule has 2 unspecified atom stereocenters. The fourth-order valence-electron chi connectivity index (χ4n) is 1.95. The fourth-order valence-corrected chi connectivity index (χ4v) is 1.95. The SMILES string of the molecule is [C]1C2CCC1c1ocnc12. The predicted molar refractivity (Wildman–Crippen MR) is 34.5 cm³/mol. The molecule has 0 aliphatic heterocycles. The maximum Gasteiger partial charge on any atom is 0.181 e. The average molecular weight is 133 g/mol. The molecule has 1 saturated carbocycles. The van der Waals surface area contributed by atoms with Gasteiger partial charge in [-0.15, -0.1) is 0 Å². The molecule has 0 saturated heterocycles. The molecule has 10 heavy (non-hydrogen) atoms. The third kappa shape index (κ3) is 0.405. The van der Waals surface area contributed by atoms with E-state index in [2.05, 4.69) is 11.4 Å². The summed E-state index contributed by atoms with van der Waals surface area (Å²) in [7, 11) is 0. The second-order valence-corrected chi connectivity index (χ2v) is 2.95. The second-order valence-electron chi connectivity index (χ2n) is 2.95. The molecule has 2 atom stereocenters. The summed E-state index contributed by atoms with van der Waals surface area (Å²) in [5, 5.41) is 0. The van der Waals surface area contributed by atoms with Gasteiger partial charge in [0.05, 0.1) is 5.69 Å². The zero-order chi connectivity index (χ0) is 6.55. The smallest absolute Gasteiger partial charge is 0.181 e. The topological polar surface area (TPSA) is 26.0 Å². The van der Waals surface area contributed by atoms with E-state index >= 15 is 0 Å². The van der Waals surface area contributed by atoms with Crippen LogP contribution in [0.15, 0.2) is 10.8 Å². The Morgan fingerprint density at radius 3 is 3.30 bits per heavy atom. The number of nitrogens with zero attached hydrogens (tertiary/aromatic N) is 1. The van der Waals surface area contributed by atoms with Gasteiger partial charge in [0.25, 0.3) is 0 Å². The van der Waals surface area contributed by atoms with Crippen molar-refractivity contribution in [2.45, 2.75) is 24.7 Å². The van der Waals surface area contributed by atoms with E-state index in [1.807, 2.05) is 0 Å². The van der Waals surface area contributed by atoms with Crippen molar-refractivity contribution in [1.29, 1.82) is 0 Å². The maximum absolute atomic E-state index is 5.24. The van der Waals surface area contributed by atoms with Crippen LogP contribution in [0.25, 0.3) is 0 Å². The van der Waals surface area contributed by atoms with Crippen molar-refractivity contribution in [1.82, 2.24) is 4.98 Å². The Balaban J connectivity index is 2.25. The van der Waals surface area contributed by atoms with Gasteiger partial charge in [-0.1, -0.05) is 0 Å². The van der Waals surface area contributed by atoms with Gasteiger partial charge >= 0.3 is 0 Å². The van der Waals surface area contributed by atoms with Crippen molar-refractivity contribution >= 4 is 0 Å². The van der Waals surface area contributed by atoms with Gasteiger partial charge in [0.15, 0.2) is 6.39 Å². The van der Waals surface area contributed by atoms with E-state index in [9.17, 15) is 0 Å². The number of hydrogen-bond acceptors (Lipinski definition) is 2. The van der Waals surface area contributed by atoms with Gasteiger partial charge in [-0.3, -0.25) is 0 Å². The van der Waals surface area contributed by atoms with Crippen LogP contribution in [0.5, 0.6) is 0 Å². The number of oxazole rings is 1. The van der Waals surface area contributed by atoms with Crippen LogP contribution in [-0.2, 0) is 0 Å².